The van der Waals surface area contributed by atoms with Crippen molar-refractivity contribution in [2.45, 2.75) is 44.9 Å². The molecule has 1 unspecified atom stereocenters. The van der Waals surface area contributed by atoms with Crippen molar-refractivity contribution >= 4 is 6.09 Å². The van der Waals surface area contributed by atoms with Crippen LogP contribution in [-0.2, 0) is 4.74 Å². The van der Waals surface area contributed by atoms with Gasteiger partial charge >= 0.3 is 6.09 Å². The first-order chi connectivity index (χ1) is 6.94. The molecule has 0 aromatic carbocycles. The highest BCUT2D eigenvalue weighted by Crippen LogP contribution is 2.45. The van der Waals surface area contributed by atoms with Gasteiger partial charge in [0.25, 0.3) is 0 Å². The Kier molecular flexibility index (Phi) is 2.41. The molecule has 0 aromatic heterocycles. The van der Waals surface area contributed by atoms with Crippen molar-refractivity contribution in [1.82, 2.24) is 10.2 Å². The van der Waals surface area contributed by atoms with Crippen LogP contribution in [0.2, 0.25) is 0 Å². The number of likely N-dealkylation sites (tertiary alicyclic amines) is 1. The zero-order valence-electron chi connectivity index (χ0n) is 9.91. The monoisotopic (exact) mass is 212 g/mol. The fraction of sp³-hybridized carbons (Fsp3) is 0.909. The van der Waals surface area contributed by atoms with Gasteiger partial charge < -0.3 is 15.0 Å². The molecule has 86 valence electrons. The Balaban J connectivity index is 1.92. The van der Waals surface area contributed by atoms with E-state index in [1.165, 1.54) is 0 Å². The summed E-state index contributed by atoms with van der Waals surface area (Å²) in [6, 6.07) is 0.871. The van der Waals surface area contributed by atoms with Crippen LogP contribution in [0.25, 0.3) is 0 Å². The van der Waals surface area contributed by atoms with Crippen LogP contribution in [0.3, 0.4) is 0 Å². The number of hydrogen-bond acceptors (Lipinski definition) is 3. The van der Waals surface area contributed by atoms with Gasteiger partial charge in [-0.1, -0.05) is 0 Å². The Labute approximate surface area is 91.0 Å². The molecule has 2 rings (SSSR count). The quantitative estimate of drug-likeness (QED) is 0.710. The lowest BCUT2D eigenvalue weighted by Crippen LogP contribution is -2.39. The molecule has 0 radical (unpaired) electrons. The van der Waals surface area contributed by atoms with Crippen LogP contribution in [0.5, 0.6) is 0 Å². The maximum atomic E-state index is 11.8. The van der Waals surface area contributed by atoms with Gasteiger partial charge in [0.1, 0.15) is 5.60 Å². The van der Waals surface area contributed by atoms with E-state index in [1.807, 2.05) is 32.7 Å². The molecule has 1 heterocycles. The zero-order chi connectivity index (χ0) is 11.2. The number of nitrogens with zero attached hydrogens (tertiary/aromatic N) is 1. The molecule has 1 N–H and O–H groups in total. The van der Waals surface area contributed by atoms with Gasteiger partial charge in [-0.2, -0.15) is 0 Å². The number of likely N-dealkylation sites (N-methyl/N-ethyl adjacent to an activating group) is 1. The third-order valence-electron chi connectivity index (χ3n) is 3.15. The number of piperidine rings is 1. The summed E-state index contributed by atoms with van der Waals surface area (Å²) in [4.78, 5) is 13.7. The second kappa shape index (κ2) is 3.37. The summed E-state index contributed by atoms with van der Waals surface area (Å²) in [7, 11) is 1.95. The van der Waals surface area contributed by atoms with Gasteiger partial charge in [-0.3, -0.25) is 0 Å². The van der Waals surface area contributed by atoms with Crippen molar-refractivity contribution in [3.63, 3.8) is 0 Å². The van der Waals surface area contributed by atoms with E-state index >= 15 is 0 Å². The largest absolute Gasteiger partial charge is 0.444 e. The first kappa shape index (κ1) is 10.7. The predicted molar refractivity (Wildman–Crippen MR) is 57.7 cm³/mol. The number of fused-ring (bicyclic) bond motifs is 1. The van der Waals surface area contributed by atoms with E-state index in [0.29, 0.717) is 18.0 Å². The first-order valence-electron chi connectivity index (χ1n) is 5.61. The normalized spacial score (nSPS) is 33.9. The number of carbonyl (C=O) groups is 1. The number of ether oxygens (including phenoxy) is 1. The van der Waals surface area contributed by atoms with Crippen molar-refractivity contribution in [3.05, 3.63) is 0 Å². The number of nitrogens with one attached hydrogen (secondary N) is 1. The first-order valence-corrected chi connectivity index (χ1v) is 5.61. The number of hydrogen-bond donors (Lipinski definition) is 1. The van der Waals surface area contributed by atoms with E-state index in [2.05, 4.69) is 5.32 Å². The van der Waals surface area contributed by atoms with Crippen LogP contribution in [-0.4, -0.2) is 42.3 Å². The topological polar surface area (TPSA) is 41.6 Å². The highest BCUT2D eigenvalue weighted by atomic mass is 16.6. The third kappa shape index (κ3) is 1.95. The molecule has 2 fully saturated rings. The molecule has 4 heteroatoms. The van der Waals surface area contributed by atoms with Gasteiger partial charge in [-0.05, 0) is 40.2 Å². The third-order valence-corrected chi connectivity index (χ3v) is 3.15. The average Bonchev–Trinajstić information content (AvgIpc) is 2.60. The van der Waals surface area contributed by atoms with Crippen LogP contribution in [0.1, 0.15) is 27.2 Å². The van der Waals surface area contributed by atoms with Crippen molar-refractivity contribution in [1.29, 1.82) is 0 Å². The molecule has 3 atom stereocenters. The zero-order valence-corrected chi connectivity index (χ0v) is 9.91. The van der Waals surface area contributed by atoms with Gasteiger partial charge in [0.15, 0.2) is 0 Å². The fourth-order valence-corrected chi connectivity index (χ4v) is 2.49. The van der Waals surface area contributed by atoms with Crippen LogP contribution in [0.4, 0.5) is 4.79 Å². The van der Waals surface area contributed by atoms with Gasteiger partial charge in [0.05, 0.1) is 6.04 Å². The minimum atomic E-state index is -0.390. The molecule has 0 bridgehead atoms. The SMILES string of the molecule is CNC1[C@H]2CCN(C(=O)OC(C)(C)C)[C@@H]12. The minimum absolute atomic E-state index is 0.159. The van der Waals surface area contributed by atoms with E-state index in [0.717, 1.165) is 13.0 Å². The standard InChI is InChI=1S/C11H20N2O2/c1-11(2,3)15-10(14)13-6-5-7-8(12-4)9(7)13/h7-9,12H,5-6H2,1-4H3/t7-,8?,9-/m1/s1. The summed E-state index contributed by atoms with van der Waals surface area (Å²) in [5.41, 5.74) is -0.390. The fourth-order valence-electron chi connectivity index (χ4n) is 2.49. The summed E-state index contributed by atoms with van der Waals surface area (Å²) in [5.74, 6) is 0.655. The molecule has 1 saturated heterocycles. The molecule has 15 heavy (non-hydrogen) atoms. The van der Waals surface area contributed by atoms with Crippen molar-refractivity contribution in [2.24, 2.45) is 5.92 Å². The van der Waals surface area contributed by atoms with Gasteiger partial charge in [0, 0.05) is 12.6 Å². The Hall–Kier alpha value is -0.770. The second-order valence-electron chi connectivity index (χ2n) is 5.43. The minimum Gasteiger partial charge on any atom is -0.444 e. The van der Waals surface area contributed by atoms with E-state index in [-0.39, 0.29) is 11.7 Å². The molecule has 2 aliphatic rings. The second-order valence-corrected chi connectivity index (χ2v) is 5.43. The summed E-state index contributed by atoms with van der Waals surface area (Å²) in [6.45, 7) is 6.56. The molecule has 1 saturated carbocycles. The van der Waals surface area contributed by atoms with Gasteiger partial charge in [-0.25, -0.2) is 4.79 Å². The van der Waals surface area contributed by atoms with Crippen LogP contribution in [0, 0.1) is 5.92 Å². The van der Waals surface area contributed by atoms with Crippen molar-refractivity contribution in [2.75, 3.05) is 13.6 Å². The highest BCUT2D eigenvalue weighted by Gasteiger charge is 2.58. The molecular weight excluding hydrogens is 192 g/mol. The Morgan fingerprint density at radius 1 is 1.47 bits per heavy atom. The van der Waals surface area contributed by atoms with Crippen LogP contribution in [0.15, 0.2) is 0 Å². The Morgan fingerprint density at radius 3 is 2.60 bits per heavy atom. The molecule has 1 aliphatic heterocycles. The molecule has 1 amide bonds. The number of carbonyl (C=O) groups excluding carboxylic acids is 1. The van der Waals surface area contributed by atoms with Crippen LogP contribution < -0.4 is 5.32 Å². The summed E-state index contributed by atoms with van der Waals surface area (Å²) in [5, 5.41) is 3.24. The molecular formula is C11H20N2O2. The van der Waals surface area contributed by atoms with E-state index in [4.69, 9.17) is 4.74 Å². The van der Waals surface area contributed by atoms with Crippen molar-refractivity contribution in [3.8, 4) is 0 Å². The molecule has 0 aromatic rings. The Bertz CT molecular complexity index is 268. The number of amides is 1. The predicted octanol–water partition coefficient (Wildman–Crippen LogP) is 1.21. The van der Waals surface area contributed by atoms with Crippen LogP contribution >= 0.6 is 0 Å². The lowest BCUT2D eigenvalue weighted by Gasteiger charge is -2.26. The maximum absolute atomic E-state index is 11.8. The lowest BCUT2D eigenvalue weighted by molar-refractivity contribution is 0.0257. The van der Waals surface area contributed by atoms with E-state index < -0.39 is 0 Å². The summed E-state index contributed by atoms with van der Waals surface area (Å²) in [6.07, 6.45) is 0.947. The smallest absolute Gasteiger partial charge is 0.410 e. The van der Waals surface area contributed by atoms with Gasteiger partial charge in [0.2, 0.25) is 0 Å². The molecule has 4 nitrogen and oxygen atoms in total. The maximum Gasteiger partial charge on any atom is 0.410 e. The Morgan fingerprint density at radius 2 is 2.13 bits per heavy atom. The lowest BCUT2D eigenvalue weighted by atomic mass is 10.2. The molecule has 1 aliphatic carbocycles. The average molecular weight is 212 g/mol. The summed E-state index contributed by atoms with van der Waals surface area (Å²) < 4.78 is 5.37. The van der Waals surface area contributed by atoms with Crippen molar-refractivity contribution < 1.29 is 9.53 Å². The van der Waals surface area contributed by atoms with E-state index in [9.17, 15) is 4.79 Å². The highest BCUT2D eigenvalue weighted by molar-refractivity contribution is 5.70. The van der Waals surface area contributed by atoms with Gasteiger partial charge in [-0.15, -0.1) is 0 Å². The number of rotatable bonds is 1. The molecule has 0 spiro atoms. The van der Waals surface area contributed by atoms with E-state index in [1.54, 1.807) is 0 Å². The summed E-state index contributed by atoms with van der Waals surface area (Å²) >= 11 is 0.